The first-order chi connectivity index (χ1) is 20.5. The number of rotatable bonds is 8. The lowest BCUT2D eigenvalue weighted by molar-refractivity contribution is -0.130. The number of tetrazole rings is 1. The molecule has 5 aromatic rings. The van der Waals surface area contributed by atoms with E-state index in [1.54, 1.807) is 24.3 Å². The predicted molar refractivity (Wildman–Crippen MR) is 167 cm³/mol. The molecule has 1 aliphatic carbocycles. The van der Waals surface area contributed by atoms with Crippen molar-refractivity contribution >= 4 is 40.8 Å². The fourth-order valence-corrected chi connectivity index (χ4v) is 5.78. The molecule has 11 nitrogen and oxygen atoms in total. The average Bonchev–Trinajstić information content (AvgIpc) is 3.75. The number of fused-ring (bicyclic) bond motifs is 1. The first-order valence-corrected chi connectivity index (χ1v) is 14.2. The molecule has 1 atom stereocenters. The third-order valence-corrected chi connectivity index (χ3v) is 8.22. The minimum Gasteiger partial charge on any atom is -0.330 e. The number of carbonyl (C=O) groups excluding carboxylic acids is 2. The van der Waals surface area contributed by atoms with Crippen molar-refractivity contribution in [2.75, 3.05) is 11.4 Å². The van der Waals surface area contributed by atoms with Crippen molar-refractivity contribution in [2.45, 2.75) is 38.1 Å². The van der Waals surface area contributed by atoms with E-state index in [-0.39, 0.29) is 24.2 Å². The molecule has 1 fully saturated rings. The third-order valence-electron chi connectivity index (χ3n) is 8.22. The molecule has 2 heterocycles. The maximum atomic E-state index is 13.9. The molecular formula is C31H34ClN9O2. The molecule has 1 saturated carbocycles. The van der Waals surface area contributed by atoms with Crippen molar-refractivity contribution in [1.82, 2.24) is 30.8 Å². The highest BCUT2D eigenvalue weighted by atomic mass is 35.5. The molecule has 43 heavy (non-hydrogen) atoms. The number of hydrogen-bond donors (Lipinski definition) is 4. The number of halogens is 1. The van der Waals surface area contributed by atoms with Gasteiger partial charge in [0, 0.05) is 16.9 Å². The van der Waals surface area contributed by atoms with E-state index in [1.807, 2.05) is 42.6 Å². The fraction of sp³-hybridized carbons (Fsp3) is 0.290. The van der Waals surface area contributed by atoms with E-state index in [9.17, 15) is 9.59 Å². The van der Waals surface area contributed by atoms with Crippen LogP contribution in [0.4, 0.5) is 5.69 Å². The van der Waals surface area contributed by atoms with Gasteiger partial charge in [0.1, 0.15) is 0 Å². The Bertz CT molecular complexity index is 1660. The maximum Gasteiger partial charge on any atom is 0.251 e. The number of anilines is 1. The molecule has 0 bridgehead atoms. The Kier molecular flexibility index (Phi) is 9.24. The summed E-state index contributed by atoms with van der Waals surface area (Å²) in [5, 5.41) is 22.2. The van der Waals surface area contributed by atoms with Gasteiger partial charge in [-0.2, -0.15) is 10.3 Å². The maximum absolute atomic E-state index is 13.9. The molecular weight excluding hydrogens is 566 g/mol. The van der Waals surface area contributed by atoms with E-state index in [0.29, 0.717) is 48.8 Å². The number of nitrogens with two attached hydrogens (primary N) is 2. The number of benzene rings is 3. The summed E-state index contributed by atoms with van der Waals surface area (Å²) in [6.07, 6.45) is 5.25. The van der Waals surface area contributed by atoms with Gasteiger partial charge in [-0.05, 0) is 96.8 Å². The van der Waals surface area contributed by atoms with Gasteiger partial charge in [-0.1, -0.05) is 36.4 Å². The minimum absolute atomic E-state index is 0. The van der Waals surface area contributed by atoms with Crippen LogP contribution in [0.15, 0.2) is 72.9 Å². The first kappa shape index (κ1) is 30.0. The highest BCUT2D eigenvalue weighted by molar-refractivity contribution is 6.17. The SMILES string of the molecule is Cl.NC[C@H]1CC[C@H](C(=O)N(C(=O)[C@@H](N)Cc2ccc(-c3cccc4[nH]ncc34)cc2)c2ccc(-c3nn[nH]n3)cc2)CC1. The Morgan fingerprint density at radius 1 is 0.953 bits per heavy atom. The molecule has 1 aliphatic rings. The summed E-state index contributed by atoms with van der Waals surface area (Å²) >= 11 is 0. The van der Waals surface area contributed by atoms with Gasteiger partial charge in [0.25, 0.3) is 5.91 Å². The van der Waals surface area contributed by atoms with Crippen LogP contribution >= 0.6 is 12.4 Å². The van der Waals surface area contributed by atoms with Crippen LogP contribution in [0.1, 0.15) is 31.2 Å². The number of aromatic nitrogens is 6. The molecule has 6 N–H and O–H groups in total. The van der Waals surface area contributed by atoms with Crippen LogP contribution < -0.4 is 16.4 Å². The Hall–Kier alpha value is -4.45. The number of H-pyrrole nitrogens is 2. The molecule has 2 amide bonds. The lowest BCUT2D eigenvalue weighted by atomic mass is 9.81. The van der Waals surface area contributed by atoms with Gasteiger partial charge in [0.15, 0.2) is 0 Å². The molecule has 0 saturated heterocycles. The fourth-order valence-electron chi connectivity index (χ4n) is 5.78. The highest BCUT2D eigenvalue weighted by Gasteiger charge is 2.35. The Labute approximate surface area is 254 Å². The molecule has 0 unspecified atom stereocenters. The Morgan fingerprint density at radius 3 is 2.35 bits per heavy atom. The molecule has 3 aromatic carbocycles. The lowest BCUT2D eigenvalue weighted by Crippen LogP contribution is -2.50. The molecule has 0 aliphatic heterocycles. The zero-order chi connectivity index (χ0) is 29.1. The van der Waals surface area contributed by atoms with Crippen LogP contribution in [0.2, 0.25) is 0 Å². The molecule has 12 heteroatoms. The summed E-state index contributed by atoms with van der Waals surface area (Å²) in [6, 6.07) is 20.1. The molecule has 222 valence electrons. The molecule has 0 spiro atoms. The van der Waals surface area contributed by atoms with E-state index in [1.165, 1.54) is 4.90 Å². The van der Waals surface area contributed by atoms with Crippen LogP contribution in [0.3, 0.4) is 0 Å². The van der Waals surface area contributed by atoms with Crippen LogP contribution in [-0.4, -0.2) is 55.2 Å². The Morgan fingerprint density at radius 2 is 1.67 bits per heavy atom. The van der Waals surface area contributed by atoms with Crippen molar-refractivity contribution < 1.29 is 9.59 Å². The second kappa shape index (κ2) is 13.2. The summed E-state index contributed by atoms with van der Waals surface area (Å²) in [7, 11) is 0. The summed E-state index contributed by atoms with van der Waals surface area (Å²) in [4.78, 5) is 29.0. The number of imide groups is 1. The van der Waals surface area contributed by atoms with Crippen LogP contribution in [0.25, 0.3) is 33.4 Å². The van der Waals surface area contributed by atoms with Crippen molar-refractivity contribution in [1.29, 1.82) is 0 Å². The number of nitrogens with zero attached hydrogens (tertiary/aromatic N) is 5. The van der Waals surface area contributed by atoms with Crippen molar-refractivity contribution in [3.05, 3.63) is 78.5 Å². The quantitative estimate of drug-likeness (QED) is 0.207. The van der Waals surface area contributed by atoms with Crippen LogP contribution in [0.5, 0.6) is 0 Å². The van der Waals surface area contributed by atoms with Crippen LogP contribution in [0, 0.1) is 11.8 Å². The molecule has 0 radical (unpaired) electrons. The summed E-state index contributed by atoms with van der Waals surface area (Å²) in [5.41, 5.74) is 17.5. The van der Waals surface area contributed by atoms with Gasteiger partial charge in [-0.3, -0.25) is 14.7 Å². The van der Waals surface area contributed by atoms with E-state index in [4.69, 9.17) is 11.5 Å². The second-order valence-corrected chi connectivity index (χ2v) is 10.9. The Balaban J connectivity index is 0.00000368. The topological polar surface area (TPSA) is 173 Å². The van der Waals surface area contributed by atoms with Gasteiger partial charge in [-0.25, -0.2) is 4.90 Å². The monoisotopic (exact) mass is 599 g/mol. The van der Waals surface area contributed by atoms with Gasteiger partial charge in [-0.15, -0.1) is 22.6 Å². The van der Waals surface area contributed by atoms with Crippen LogP contribution in [-0.2, 0) is 16.0 Å². The predicted octanol–water partition coefficient (Wildman–Crippen LogP) is 4.03. The van der Waals surface area contributed by atoms with Gasteiger partial charge in [0.2, 0.25) is 11.7 Å². The number of nitrogens with one attached hydrogen (secondary N) is 2. The smallest absolute Gasteiger partial charge is 0.251 e. The third kappa shape index (κ3) is 6.34. The lowest BCUT2D eigenvalue weighted by Gasteiger charge is -2.32. The highest BCUT2D eigenvalue weighted by Crippen LogP contribution is 2.32. The standard InChI is InChI=1S/C31H33N9O2.ClH/c32-17-20-6-10-23(11-7-20)30(41)40(24-14-12-22(13-15-24)29-36-38-39-37-29)31(42)27(33)16-19-4-8-21(9-5-19)25-2-1-3-28-26(25)18-34-35-28;/h1-5,8-9,12-15,18,20,23,27H,6-7,10-11,16-17,32-33H2,(H,34,35)(H,36,37,38,39);1H/t20-,23-,27-;/m0./s1. The summed E-state index contributed by atoms with van der Waals surface area (Å²) in [6.45, 7) is 0.613. The van der Waals surface area contributed by atoms with E-state index in [0.717, 1.165) is 40.4 Å². The minimum atomic E-state index is -0.908. The summed E-state index contributed by atoms with van der Waals surface area (Å²) in [5.74, 6) is -0.0683. The first-order valence-electron chi connectivity index (χ1n) is 14.2. The van der Waals surface area contributed by atoms with Crippen molar-refractivity contribution in [3.63, 3.8) is 0 Å². The zero-order valence-electron chi connectivity index (χ0n) is 23.5. The normalized spacial score (nSPS) is 17.3. The van der Waals surface area contributed by atoms with E-state index in [2.05, 4.69) is 36.9 Å². The number of carbonyl (C=O) groups is 2. The van der Waals surface area contributed by atoms with Crippen molar-refractivity contribution in [2.24, 2.45) is 23.3 Å². The van der Waals surface area contributed by atoms with Gasteiger partial charge < -0.3 is 11.5 Å². The average molecular weight is 600 g/mol. The zero-order valence-corrected chi connectivity index (χ0v) is 24.3. The second-order valence-electron chi connectivity index (χ2n) is 10.9. The molecule has 2 aromatic heterocycles. The van der Waals surface area contributed by atoms with E-state index >= 15 is 0 Å². The molecule has 6 rings (SSSR count). The number of hydrogen-bond acceptors (Lipinski definition) is 8. The largest absolute Gasteiger partial charge is 0.330 e. The van der Waals surface area contributed by atoms with Crippen molar-refractivity contribution in [3.8, 4) is 22.5 Å². The number of amides is 2. The van der Waals surface area contributed by atoms with E-state index < -0.39 is 11.9 Å². The van der Waals surface area contributed by atoms with Gasteiger partial charge in [0.05, 0.1) is 23.4 Å². The van der Waals surface area contributed by atoms with Gasteiger partial charge >= 0.3 is 0 Å². The summed E-state index contributed by atoms with van der Waals surface area (Å²) < 4.78 is 0. The number of aromatic amines is 2.